The topological polar surface area (TPSA) is 106 Å². The summed E-state index contributed by atoms with van der Waals surface area (Å²) < 4.78 is 39.5. The van der Waals surface area contributed by atoms with E-state index in [1.807, 2.05) is 26.0 Å². The van der Waals surface area contributed by atoms with Crippen LogP contribution >= 0.6 is 0 Å². The Balaban J connectivity index is 1.73. The molecule has 1 N–H and O–H groups in total. The van der Waals surface area contributed by atoms with E-state index in [1.54, 1.807) is 13.0 Å². The number of sulfonamides is 1. The number of rotatable bonds is 8. The number of ether oxygens (including phenoxy) is 2. The van der Waals surface area contributed by atoms with E-state index in [0.29, 0.717) is 17.7 Å². The lowest BCUT2D eigenvalue weighted by Gasteiger charge is -2.25. The highest BCUT2D eigenvalue weighted by Crippen LogP contribution is 2.24. The number of hydrogen-bond donors (Lipinski definition) is 1. The molecule has 3 aromatic rings. The molecule has 0 saturated carbocycles. The van der Waals surface area contributed by atoms with Gasteiger partial charge in [0.25, 0.3) is 5.56 Å². The quantitative estimate of drug-likeness (QED) is 0.475. The molecule has 0 aliphatic carbocycles. The minimum Gasteiger partial charge on any atom is -0.462 e. The van der Waals surface area contributed by atoms with E-state index in [-0.39, 0.29) is 41.8 Å². The Bertz CT molecular complexity index is 1410. The highest BCUT2D eigenvalue weighted by Gasteiger charge is 2.30. The maximum Gasteiger partial charge on any atom is 0.338 e. The number of carbonyl (C=O) groups excluding carboxylic acids is 1. The maximum atomic E-state index is 13.7. The Morgan fingerprint density at radius 1 is 1.17 bits per heavy atom. The number of aryl methyl sites for hydroxylation is 2. The van der Waals surface area contributed by atoms with Crippen LogP contribution in [0.1, 0.15) is 46.8 Å². The van der Waals surface area contributed by atoms with Crippen LogP contribution in [0.2, 0.25) is 0 Å². The van der Waals surface area contributed by atoms with Gasteiger partial charge in [0.15, 0.2) is 0 Å². The SMILES string of the molecule is CCOC(=O)c1cccc(S(=O)(=O)N(Cc2cc3cc(C)c(C)cc3[nH]c2=O)CC2CCCO2)c1. The molecular formula is C26H30N2O6S. The number of nitrogens with one attached hydrogen (secondary N) is 1. The lowest BCUT2D eigenvalue weighted by Crippen LogP contribution is -2.38. The van der Waals surface area contributed by atoms with Gasteiger partial charge in [0, 0.05) is 30.8 Å². The molecule has 2 aromatic carbocycles. The average molecular weight is 499 g/mol. The number of carbonyl (C=O) groups is 1. The summed E-state index contributed by atoms with van der Waals surface area (Å²) in [7, 11) is -4.05. The van der Waals surface area contributed by atoms with E-state index in [0.717, 1.165) is 29.4 Å². The van der Waals surface area contributed by atoms with Crippen LogP contribution in [-0.2, 0) is 26.0 Å². The van der Waals surface area contributed by atoms with E-state index in [9.17, 15) is 18.0 Å². The Kier molecular flexibility index (Phi) is 7.39. The van der Waals surface area contributed by atoms with Gasteiger partial charge in [-0.3, -0.25) is 4.79 Å². The lowest BCUT2D eigenvalue weighted by molar-refractivity contribution is 0.0526. The minimum absolute atomic E-state index is 0.0373. The number of aromatic nitrogens is 1. The Hall–Kier alpha value is -3.01. The van der Waals surface area contributed by atoms with Crippen molar-refractivity contribution in [3.8, 4) is 0 Å². The van der Waals surface area contributed by atoms with Gasteiger partial charge in [-0.1, -0.05) is 6.07 Å². The van der Waals surface area contributed by atoms with Crippen molar-refractivity contribution < 1.29 is 22.7 Å². The second-order valence-electron chi connectivity index (χ2n) is 8.83. The summed E-state index contributed by atoms with van der Waals surface area (Å²) in [5.74, 6) is -0.591. The molecule has 0 radical (unpaired) electrons. The van der Waals surface area contributed by atoms with E-state index in [1.165, 1.54) is 28.6 Å². The third-order valence-electron chi connectivity index (χ3n) is 6.30. The van der Waals surface area contributed by atoms with Gasteiger partial charge < -0.3 is 14.5 Å². The first-order valence-electron chi connectivity index (χ1n) is 11.7. The van der Waals surface area contributed by atoms with Gasteiger partial charge in [0.1, 0.15) is 0 Å². The smallest absolute Gasteiger partial charge is 0.338 e. The molecule has 4 rings (SSSR count). The molecule has 35 heavy (non-hydrogen) atoms. The van der Waals surface area contributed by atoms with Gasteiger partial charge in [0.2, 0.25) is 10.0 Å². The molecule has 1 fully saturated rings. The maximum absolute atomic E-state index is 13.7. The Morgan fingerprint density at radius 3 is 2.66 bits per heavy atom. The Morgan fingerprint density at radius 2 is 1.94 bits per heavy atom. The summed E-state index contributed by atoms with van der Waals surface area (Å²) in [6.07, 6.45) is 1.33. The number of benzene rings is 2. The van der Waals surface area contributed by atoms with E-state index < -0.39 is 16.0 Å². The number of fused-ring (bicyclic) bond motifs is 1. The van der Waals surface area contributed by atoms with Crippen LogP contribution < -0.4 is 5.56 Å². The van der Waals surface area contributed by atoms with Crippen molar-refractivity contribution in [1.29, 1.82) is 0 Å². The minimum atomic E-state index is -4.05. The lowest BCUT2D eigenvalue weighted by atomic mass is 10.0. The average Bonchev–Trinajstić information content (AvgIpc) is 3.34. The van der Waals surface area contributed by atoms with Crippen molar-refractivity contribution in [1.82, 2.24) is 9.29 Å². The molecule has 186 valence electrons. The molecule has 9 heteroatoms. The van der Waals surface area contributed by atoms with Gasteiger partial charge in [-0.2, -0.15) is 4.31 Å². The number of aromatic amines is 1. The Labute approximate surface area is 204 Å². The monoisotopic (exact) mass is 498 g/mol. The number of H-pyrrole nitrogens is 1. The van der Waals surface area contributed by atoms with Crippen molar-refractivity contribution in [2.45, 2.75) is 51.2 Å². The van der Waals surface area contributed by atoms with E-state index >= 15 is 0 Å². The summed E-state index contributed by atoms with van der Waals surface area (Å²) in [5, 5.41) is 0.835. The molecule has 1 aliphatic rings. The zero-order chi connectivity index (χ0) is 25.2. The van der Waals surface area contributed by atoms with E-state index in [2.05, 4.69) is 4.98 Å². The standard InChI is InChI=1S/C26H30N2O6S/c1-4-33-26(30)19-7-5-9-23(14-19)35(31,32)28(16-22-8-6-10-34-22)15-21-13-20-11-17(2)18(3)12-24(20)27-25(21)29/h5,7,9,11-14,22H,4,6,8,10,15-16H2,1-3H3,(H,27,29). The fourth-order valence-corrected chi connectivity index (χ4v) is 5.74. The highest BCUT2D eigenvalue weighted by molar-refractivity contribution is 7.89. The van der Waals surface area contributed by atoms with Crippen LogP contribution in [0, 0.1) is 13.8 Å². The second-order valence-corrected chi connectivity index (χ2v) is 10.8. The van der Waals surface area contributed by atoms with Crippen LogP contribution in [0.4, 0.5) is 0 Å². The number of hydrogen-bond acceptors (Lipinski definition) is 6. The summed E-state index contributed by atoms with van der Waals surface area (Å²) in [6, 6.07) is 11.4. The number of pyridine rings is 1. The van der Waals surface area contributed by atoms with Crippen LogP contribution in [0.5, 0.6) is 0 Å². The molecule has 1 atom stereocenters. The van der Waals surface area contributed by atoms with Crippen LogP contribution in [0.15, 0.2) is 52.2 Å². The zero-order valence-corrected chi connectivity index (χ0v) is 21.0. The summed E-state index contributed by atoms with van der Waals surface area (Å²) in [4.78, 5) is 27.9. The molecule has 8 nitrogen and oxygen atoms in total. The van der Waals surface area contributed by atoms with Gasteiger partial charge in [0.05, 0.1) is 23.2 Å². The fraction of sp³-hybridized carbons (Fsp3) is 0.385. The number of nitrogens with zero attached hydrogens (tertiary/aromatic N) is 1. The zero-order valence-electron chi connectivity index (χ0n) is 20.2. The van der Waals surface area contributed by atoms with Crippen molar-refractivity contribution in [3.63, 3.8) is 0 Å². The van der Waals surface area contributed by atoms with E-state index in [4.69, 9.17) is 9.47 Å². The first-order valence-corrected chi connectivity index (χ1v) is 13.1. The highest BCUT2D eigenvalue weighted by atomic mass is 32.2. The van der Waals surface area contributed by atoms with Crippen LogP contribution in [0.25, 0.3) is 10.9 Å². The second kappa shape index (κ2) is 10.3. The first kappa shape index (κ1) is 25.1. The molecule has 0 spiro atoms. The summed E-state index contributed by atoms with van der Waals surface area (Å²) >= 11 is 0. The predicted octanol–water partition coefficient (Wildman–Crippen LogP) is 3.69. The summed E-state index contributed by atoms with van der Waals surface area (Å²) in [5.41, 5.74) is 2.99. The summed E-state index contributed by atoms with van der Waals surface area (Å²) in [6.45, 7) is 6.40. The van der Waals surface area contributed by atoms with Crippen molar-refractivity contribution in [2.24, 2.45) is 0 Å². The normalized spacial score (nSPS) is 16.2. The molecule has 0 bridgehead atoms. The van der Waals surface area contributed by atoms with Gasteiger partial charge in [-0.15, -0.1) is 0 Å². The van der Waals surface area contributed by atoms with Crippen molar-refractivity contribution >= 4 is 26.9 Å². The molecule has 1 aliphatic heterocycles. The van der Waals surface area contributed by atoms with Gasteiger partial charge in [-0.05, 0) is 86.5 Å². The molecule has 2 heterocycles. The largest absolute Gasteiger partial charge is 0.462 e. The number of esters is 1. The van der Waals surface area contributed by atoms with Crippen LogP contribution in [0.3, 0.4) is 0 Å². The first-order chi connectivity index (χ1) is 16.7. The fourth-order valence-electron chi connectivity index (χ4n) is 4.24. The molecule has 1 saturated heterocycles. The third kappa shape index (κ3) is 5.47. The van der Waals surface area contributed by atoms with Gasteiger partial charge in [-0.25, -0.2) is 13.2 Å². The van der Waals surface area contributed by atoms with Crippen LogP contribution in [-0.4, -0.2) is 49.5 Å². The predicted molar refractivity (Wildman–Crippen MR) is 133 cm³/mol. The van der Waals surface area contributed by atoms with Gasteiger partial charge >= 0.3 is 5.97 Å². The van der Waals surface area contributed by atoms with Crippen molar-refractivity contribution in [2.75, 3.05) is 19.8 Å². The molecular weight excluding hydrogens is 468 g/mol. The molecule has 1 unspecified atom stereocenters. The molecule has 1 aromatic heterocycles. The van der Waals surface area contributed by atoms with Crippen molar-refractivity contribution in [3.05, 3.63) is 75.1 Å². The third-order valence-corrected chi connectivity index (χ3v) is 8.10. The molecule has 0 amide bonds.